The van der Waals surface area contributed by atoms with Gasteiger partial charge in [-0.1, -0.05) is 6.07 Å². The molecule has 2 N–H and O–H groups in total. The van der Waals surface area contributed by atoms with Crippen LogP contribution in [0.15, 0.2) is 47.7 Å². The van der Waals surface area contributed by atoms with Crippen LogP contribution in [0.5, 0.6) is 0 Å². The third-order valence-electron chi connectivity index (χ3n) is 12.8. The molecular formula is C40H46F4N12O4. The van der Waals surface area contributed by atoms with Crippen LogP contribution in [-0.2, 0) is 16.6 Å². The molecule has 9 rings (SSSR count). The topological polar surface area (TPSA) is 160 Å². The fourth-order valence-corrected chi connectivity index (χ4v) is 9.49. The Morgan fingerprint density at radius 3 is 2.52 bits per heavy atom. The Kier molecular flexibility index (Phi) is 10.1. The zero-order valence-electron chi connectivity index (χ0n) is 33.2. The second-order valence-electron chi connectivity index (χ2n) is 16.5. The Labute approximate surface area is 341 Å². The first-order chi connectivity index (χ1) is 28.8. The van der Waals surface area contributed by atoms with Gasteiger partial charge in [0.05, 0.1) is 47.2 Å². The minimum atomic E-state index is -3.10. The summed E-state index contributed by atoms with van der Waals surface area (Å²) in [6.07, 6.45) is 5.61. The Balaban J connectivity index is 0.830. The molecule has 3 saturated heterocycles. The summed E-state index contributed by atoms with van der Waals surface area (Å²) in [7, 11) is 3.27. The molecule has 0 radical (unpaired) electrons. The summed E-state index contributed by atoms with van der Waals surface area (Å²) in [5.41, 5.74) is 0.730. The number of aromatic nitrogens is 7. The molecule has 60 heavy (non-hydrogen) atoms. The van der Waals surface area contributed by atoms with Crippen LogP contribution in [0, 0.1) is 5.92 Å². The van der Waals surface area contributed by atoms with Crippen molar-refractivity contribution in [3.63, 3.8) is 0 Å². The van der Waals surface area contributed by atoms with Crippen molar-refractivity contribution in [2.45, 2.75) is 81.8 Å². The van der Waals surface area contributed by atoms with Gasteiger partial charge in [0, 0.05) is 52.0 Å². The number of alkyl halides is 4. The van der Waals surface area contributed by atoms with Crippen LogP contribution >= 0.6 is 0 Å². The molecule has 0 spiro atoms. The highest BCUT2D eigenvalue weighted by molar-refractivity contribution is 6.08. The van der Waals surface area contributed by atoms with Crippen molar-refractivity contribution in [1.82, 2.24) is 43.7 Å². The number of imide groups is 1. The first-order valence-electron chi connectivity index (χ1n) is 20.4. The smallest absolute Gasteiger partial charge is 0.329 e. The Morgan fingerprint density at radius 1 is 1.03 bits per heavy atom. The van der Waals surface area contributed by atoms with Crippen molar-refractivity contribution in [3.8, 4) is 0 Å². The number of hydrogen-bond donors (Lipinski definition) is 2. The molecule has 1 aromatic carbocycles. The van der Waals surface area contributed by atoms with Gasteiger partial charge in [0.15, 0.2) is 11.3 Å². The highest BCUT2D eigenvalue weighted by Crippen LogP contribution is 2.39. The summed E-state index contributed by atoms with van der Waals surface area (Å²) in [4.78, 5) is 61.3. The summed E-state index contributed by atoms with van der Waals surface area (Å²) in [6, 6.07) is 4.77. The number of fused-ring (bicyclic) bond motifs is 2. The molecule has 3 aliphatic heterocycles. The first-order valence-corrected chi connectivity index (χ1v) is 20.4. The Bertz CT molecular complexity index is 2540. The maximum absolute atomic E-state index is 16.1. The van der Waals surface area contributed by atoms with Gasteiger partial charge < -0.3 is 15.1 Å². The van der Waals surface area contributed by atoms with Gasteiger partial charge in [-0.2, -0.15) is 10.2 Å². The van der Waals surface area contributed by atoms with Crippen LogP contribution in [0.4, 0.5) is 34.8 Å². The van der Waals surface area contributed by atoms with E-state index in [0.717, 1.165) is 19.5 Å². The van der Waals surface area contributed by atoms with Gasteiger partial charge >= 0.3 is 5.69 Å². The number of halogens is 4. The van der Waals surface area contributed by atoms with Crippen LogP contribution in [0.2, 0.25) is 0 Å². The molecule has 1 saturated carbocycles. The maximum Gasteiger partial charge on any atom is 0.329 e. The molecule has 1 aliphatic carbocycles. The number of imidazole rings is 1. The van der Waals surface area contributed by atoms with Crippen molar-refractivity contribution in [3.05, 3.63) is 64.6 Å². The number of benzene rings is 1. The Hall–Kier alpha value is -5.79. The van der Waals surface area contributed by atoms with E-state index in [1.807, 2.05) is 6.07 Å². The first kappa shape index (κ1) is 39.7. The lowest BCUT2D eigenvalue weighted by atomic mass is 9.85. The van der Waals surface area contributed by atoms with E-state index in [0.29, 0.717) is 67.0 Å². The summed E-state index contributed by atoms with van der Waals surface area (Å²) >= 11 is 0. The average Bonchev–Trinajstić information content (AvgIpc) is 3.88. The molecule has 4 aliphatic rings. The van der Waals surface area contributed by atoms with Gasteiger partial charge in [-0.25, -0.2) is 31.9 Å². The number of piperidine rings is 2. The number of nitrogens with zero attached hydrogens (tertiary/aromatic N) is 10. The van der Waals surface area contributed by atoms with Crippen LogP contribution in [0.3, 0.4) is 0 Å². The van der Waals surface area contributed by atoms with E-state index in [1.165, 1.54) is 30.7 Å². The zero-order valence-corrected chi connectivity index (χ0v) is 33.2. The van der Waals surface area contributed by atoms with Crippen molar-refractivity contribution in [1.29, 1.82) is 0 Å². The lowest BCUT2D eigenvalue weighted by molar-refractivity contribution is -0.135. The van der Waals surface area contributed by atoms with Gasteiger partial charge in [-0.3, -0.25) is 38.4 Å². The molecule has 4 aromatic heterocycles. The Morgan fingerprint density at radius 2 is 1.82 bits per heavy atom. The average molecular weight is 835 g/mol. The van der Waals surface area contributed by atoms with Crippen molar-refractivity contribution >= 4 is 51.6 Å². The van der Waals surface area contributed by atoms with Gasteiger partial charge in [0.2, 0.25) is 11.8 Å². The van der Waals surface area contributed by atoms with E-state index in [2.05, 4.69) is 30.7 Å². The highest BCUT2D eigenvalue weighted by atomic mass is 19.3. The molecule has 4 fully saturated rings. The third kappa shape index (κ3) is 7.07. The van der Waals surface area contributed by atoms with E-state index in [4.69, 9.17) is 0 Å². The van der Waals surface area contributed by atoms with Crippen LogP contribution in [0.25, 0.3) is 16.7 Å². The van der Waals surface area contributed by atoms with E-state index < -0.39 is 60.1 Å². The maximum atomic E-state index is 16.1. The predicted molar refractivity (Wildman–Crippen MR) is 213 cm³/mol. The summed E-state index contributed by atoms with van der Waals surface area (Å²) < 4.78 is 66.4. The molecule has 3 amide bonds. The third-order valence-corrected chi connectivity index (χ3v) is 12.8. The minimum Gasteiger partial charge on any atom is -0.364 e. The fraction of sp³-hybridized carbons (Fsp3) is 0.525. The molecule has 16 nitrogen and oxygen atoms in total. The highest BCUT2D eigenvalue weighted by Gasteiger charge is 2.47. The number of amides is 3. The van der Waals surface area contributed by atoms with Crippen LogP contribution in [0.1, 0.15) is 85.9 Å². The number of carbonyl (C=O) groups is 3. The molecule has 20 heteroatoms. The number of rotatable bonds is 10. The molecule has 2 atom stereocenters. The largest absolute Gasteiger partial charge is 0.364 e. The number of aryl methyl sites for hydroxylation is 1. The van der Waals surface area contributed by atoms with E-state index in [1.54, 1.807) is 48.3 Å². The SMILES string of the molecule is CN(C[C@H]1CC[C@H](n2cc(NC(=O)c3cnn4ccc(N5CCC5)nc34)c(C(F)F)n2)CC1)C1CCN(c2cccc3c2n(C)c(=O)n3C2CCC(=O)NC2=O)CC1(F)F. The van der Waals surface area contributed by atoms with Gasteiger partial charge in [0.25, 0.3) is 18.3 Å². The number of hydrogen-bond acceptors (Lipinski definition) is 10. The summed E-state index contributed by atoms with van der Waals surface area (Å²) in [6.45, 7) is 1.91. The fourth-order valence-electron chi connectivity index (χ4n) is 9.49. The van der Waals surface area contributed by atoms with E-state index in [-0.39, 0.29) is 42.5 Å². The second-order valence-corrected chi connectivity index (χ2v) is 16.5. The van der Waals surface area contributed by atoms with Crippen molar-refractivity contribution in [2.24, 2.45) is 13.0 Å². The van der Waals surface area contributed by atoms with Gasteiger partial charge in [-0.05, 0) is 76.1 Å². The summed E-state index contributed by atoms with van der Waals surface area (Å²) in [5.74, 6) is -3.88. The van der Waals surface area contributed by atoms with Gasteiger partial charge in [-0.15, -0.1) is 0 Å². The summed E-state index contributed by atoms with van der Waals surface area (Å²) in [5, 5.41) is 13.3. The molecule has 5 aromatic rings. The van der Waals surface area contributed by atoms with Gasteiger partial charge in [0.1, 0.15) is 17.4 Å². The standard InChI is InChI=1S/C40H46F4N12O4/c1-50(30-13-17-53(22-40(30,43)44)27-5-3-6-28-34(27)51(2)39(60)56(28)29-11-12-32(57)48-38(29)59)20-23-7-9-24(10-8-23)55-21-26(33(49-55)35(41)42)46-37(58)25-19-45-54-18-14-31(47-36(25)54)52-15-4-16-52/h3,5-6,14,18-19,21,23-24,29-30,35H,4,7-13,15-17,20,22H2,1-2H3,(H,46,58)(H,48,57,59)/t23-,24-,29?,30?. The monoisotopic (exact) mass is 834 g/mol. The molecule has 2 unspecified atom stereocenters. The molecular weight excluding hydrogens is 789 g/mol. The van der Waals surface area contributed by atoms with E-state index in [9.17, 15) is 28.0 Å². The van der Waals surface area contributed by atoms with E-state index >= 15 is 8.78 Å². The molecule has 7 heterocycles. The molecule has 318 valence electrons. The number of carbonyl (C=O) groups excluding carboxylic acids is 3. The lowest BCUT2D eigenvalue weighted by Gasteiger charge is -2.44. The number of anilines is 3. The molecule has 0 bridgehead atoms. The van der Waals surface area contributed by atoms with Crippen molar-refractivity contribution in [2.75, 3.05) is 54.9 Å². The quantitative estimate of drug-likeness (QED) is 0.151. The lowest BCUT2D eigenvalue weighted by Crippen LogP contribution is -2.58. The van der Waals surface area contributed by atoms with Crippen LogP contribution in [-0.4, -0.2) is 108 Å². The normalized spacial score (nSPS) is 23.5. The van der Waals surface area contributed by atoms with Crippen molar-refractivity contribution < 1.29 is 31.9 Å². The number of para-hydroxylation sites is 1. The zero-order chi connectivity index (χ0) is 42.0. The predicted octanol–water partition coefficient (Wildman–Crippen LogP) is 4.53. The second kappa shape index (κ2) is 15.3. The number of nitrogens with one attached hydrogen (secondary N) is 2. The minimum absolute atomic E-state index is 0.0889. The van der Waals surface area contributed by atoms with Crippen LogP contribution < -0.4 is 26.1 Å².